The lowest BCUT2D eigenvalue weighted by Gasteiger charge is -2.31. The maximum absolute atomic E-state index is 13.0. The van der Waals surface area contributed by atoms with Crippen LogP contribution in [0, 0.1) is 0 Å². The number of rotatable bonds is 8. The monoisotopic (exact) mass is 381 g/mol. The highest BCUT2D eigenvalue weighted by Crippen LogP contribution is 2.23. The Labute approximate surface area is 165 Å². The van der Waals surface area contributed by atoms with Crippen LogP contribution in [0.4, 0.5) is 5.69 Å². The van der Waals surface area contributed by atoms with Crippen molar-refractivity contribution in [3.8, 4) is 0 Å². The van der Waals surface area contributed by atoms with E-state index in [1.54, 1.807) is 17.0 Å². The largest absolute Gasteiger partial charge is 0.353 e. The highest BCUT2D eigenvalue weighted by Gasteiger charge is 2.26. The van der Waals surface area contributed by atoms with Crippen LogP contribution in [0.15, 0.2) is 54.6 Å². The number of fused-ring (bicyclic) bond motifs is 1. The van der Waals surface area contributed by atoms with E-state index in [9.17, 15) is 9.59 Å². The molecule has 28 heavy (non-hydrogen) atoms. The van der Waals surface area contributed by atoms with E-state index in [2.05, 4.69) is 17.4 Å². The number of benzene rings is 2. The van der Waals surface area contributed by atoms with E-state index >= 15 is 0 Å². The molecule has 2 aromatic rings. The molecule has 1 heterocycles. The van der Waals surface area contributed by atoms with Gasteiger partial charge in [-0.2, -0.15) is 0 Å². The Hall–Kier alpha value is -2.90. The zero-order valence-electron chi connectivity index (χ0n) is 16.2. The van der Waals surface area contributed by atoms with Crippen molar-refractivity contribution in [1.82, 2.24) is 15.3 Å². The first-order valence-electron chi connectivity index (χ1n) is 9.43. The summed E-state index contributed by atoms with van der Waals surface area (Å²) >= 11 is 0. The molecule has 0 radical (unpaired) electrons. The summed E-state index contributed by atoms with van der Waals surface area (Å²) in [5.74, 6) is -0.221. The predicted octanol–water partition coefficient (Wildman–Crippen LogP) is 0.957. The number of para-hydroxylation sites is 1. The number of nitrogens with zero attached hydrogens (tertiary/aromatic N) is 3. The van der Waals surface area contributed by atoms with E-state index in [0.717, 1.165) is 5.69 Å². The molecule has 0 saturated carbocycles. The molecular weight excluding hydrogens is 354 g/mol. The number of carbonyl (C=O) groups excluding carboxylic acids is 2. The number of anilines is 1. The Morgan fingerprint density at radius 3 is 2.21 bits per heavy atom. The Balaban J connectivity index is 1.66. The van der Waals surface area contributed by atoms with Gasteiger partial charge in [0.1, 0.15) is 0 Å². The first-order chi connectivity index (χ1) is 13.6. The second-order valence-electron chi connectivity index (χ2n) is 6.84. The van der Waals surface area contributed by atoms with Crippen LogP contribution in [0.1, 0.15) is 11.1 Å². The quantitative estimate of drug-likeness (QED) is 0.712. The minimum atomic E-state index is -0.154. The molecule has 0 aromatic heterocycles. The van der Waals surface area contributed by atoms with Crippen molar-refractivity contribution >= 4 is 17.5 Å². The fraction of sp³-hybridized carbons (Fsp3) is 0.333. The lowest BCUT2D eigenvalue weighted by molar-refractivity contribution is -0.145. The smallest absolute Gasteiger partial charge is 0.256 e. The molecule has 0 bridgehead atoms. The minimum absolute atomic E-state index is 0.0664. The Morgan fingerprint density at radius 2 is 1.61 bits per heavy atom. The second-order valence-corrected chi connectivity index (χ2v) is 6.84. The molecule has 7 heteroatoms. The maximum Gasteiger partial charge on any atom is 0.256 e. The van der Waals surface area contributed by atoms with Gasteiger partial charge in [0, 0.05) is 38.9 Å². The number of amides is 2. The number of hydrogen-bond donors (Lipinski definition) is 2. The molecule has 2 aromatic carbocycles. The van der Waals surface area contributed by atoms with Gasteiger partial charge in [0.05, 0.1) is 13.1 Å². The fourth-order valence-corrected chi connectivity index (χ4v) is 3.27. The van der Waals surface area contributed by atoms with Crippen LogP contribution in [0.2, 0.25) is 0 Å². The number of hydrazine groups is 1. The molecule has 1 aliphatic heterocycles. The van der Waals surface area contributed by atoms with Crippen LogP contribution in [0.3, 0.4) is 0 Å². The topological polar surface area (TPSA) is 81.9 Å². The van der Waals surface area contributed by atoms with Gasteiger partial charge in [0.15, 0.2) is 0 Å². The molecule has 1 aliphatic rings. The van der Waals surface area contributed by atoms with E-state index in [-0.39, 0.29) is 24.9 Å². The molecule has 0 unspecified atom stereocenters. The Kier molecular flexibility index (Phi) is 6.62. The van der Waals surface area contributed by atoms with E-state index in [1.165, 1.54) is 11.1 Å². The van der Waals surface area contributed by atoms with Gasteiger partial charge in [0.2, 0.25) is 5.91 Å². The molecule has 3 rings (SSSR count). The van der Waals surface area contributed by atoms with Crippen LogP contribution < -0.4 is 16.0 Å². The summed E-state index contributed by atoms with van der Waals surface area (Å²) in [6.07, 6.45) is 0. The number of nitrogens with two attached hydrogens (primary N) is 1. The van der Waals surface area contributed by atoms with E-state index in [1.807, 2.05) is 47.5 Å². The van der Waals surface area contributed by atoms with Gasteiger partial charge in [-0.15, -0.1) is 0 Å². The summed E-state index contributed by atoms with van der Waals surface area (Å²) < 4.78 is 0. The standard InChI is InChI=1S/C21H27N5O2/c1-24(26-13-17-7-5-6-8-18(17)14-26)21(28)16-25(15-20(27)23-12-11-22)19-9-3-2-4-10-19/h2-10H,11-16,22H2,1H3,(H,23,27). The zero-order chi connectivity index (χ0) is 19.9. The minimum Gasteiger partial charge on any atom is -0.353 e. The summed E-state index contributed by atoms with van der Waals surface area (Å²) in [6, 6.07) is 17.7. The molecule has 0 saturated heterocycles. The van der Waals surface area contributed by atoms with Crippen molar-refractivity contribution in [1.29, 1.82) is 0 Å². The molecule has 0 aliphatic carbocycles. The van der Waals surface area contributed by atoms with Crippen molar-refractivity contribution in [2.45, 2.75) is 13.1 Å². The summed E-state index contributed by atoms with van der Waals surface area (Å²) in [7, 11) is 1.78. The van der Waals surface area contributed by atoms with Gasteiger partial charge in [-0.3, -0.25) is 14.6 Å². The number of carbonyl (C=O) groups is 2. The summed E-state index contributed by atoms with van der Waals surface area (Å²) in [5, 5.41) is 6.44. The van der Waals surface area contributed by atoms with Crippen molar-refractivity contribution in [2.24, 2.45) is 5.73 Å². The molecule has 3 N–H and O–H groups in total. The Bertz CT molecular complexity index is 786. The van der Waals surface area contributed by atoms with Crippen LogP contribution in [-0.2, 0) is 22.7 Å². The molecule has 2 amide bonds. The average molecular weight is 381 g/mol. The average Bonchev–Trinajstić information content (AvgIpc) is 3.16. The fourth-order valence-electron chi connectivity index (χ4n) is 3.27. The lowest BCUT2D eigenvalue weighted by atomic mass is 10.1. The van der Waals surface area contributed by atoms with Gasteiger partial charge >= 0.3 is 0 Å². The van der Waals surface area contributed by atoms with Crippen molar-refractivity contribution in [3.63, 3.8) is 0 Å². The van der Waals surface area contributed by atoms with Crippen LogP contribution in [0.25, 0.3) is 0 Å². The third-order valence-corrected chi connectivity index (χ3v) is 4.86. The summed E-state index contributed by atoms with van der Waals surface area (Å²) in [5.41, 5.74) is 8.76. The zero-order valence-corrected chi connectivity index (χ0v) is 16.2. The van der Waals surface area contributed by atoms with Crippen molar-refractivity contribution in [2.75, 3.05) is 38.1 Å². The van der Waals surface area contributed by atoms with E-state index < -0.39 is 0 Å². The molecule has 148 valence electrons. The second kappa shape index (κ2) is 9.34. The first kappa shape index (κ1) is 19.9. The molecule has 7 nitrogen and oxygen atoms in total. The highest BCUT2D eigenvalue weighted by molar-refractivity contribution is 5.86. The molecule has 0 fully saturated rings. The highest BCUT2D eigenvalue weighted by atomic mass is 16.2. The van der Waals surface area contributed by atoms with E-state index in [4.69, 9.17) is 5.73 Å². The van der Waals surface area contributed by atoms with Gasteiger partial charge in [0.25, 0.3) is 5.91 Å². The Morgan fingerprint density at radius 1 is 1.00 bits per heavy atom. The van der Waals surface area contributed by atoms with Crippen LogP contribution in [-0.4, -0.2) is 55.1 Å². The predicted molar refractivity (Wildman–Crippen MR) is 109 cm³/mol. The SMILES string of the molecule is CN(C(=O)CN(CC(=O)NCCN)c1ccccc1)N1Cc2ccccc2C1. The lowest BCUT2D eigenvalue weighted by Crippen LogP contribution is -2.48. The molecule has 0 atom stereocenters. The van der Waals surface area contributed by atoms with Crippen LogP contribution >= 0.6 is 0 Å². The third kappa shape index (κ3) is 4.88. The first-order valence-corrected chi connectivity index (χ1v) is 9.43. The number of likely N-dealkylation sites (N-methyl/N-ethyl adjacent to an activating group) is 1. The molecular formula is C21H27N5O2. The normalized spacial score (nSPS) is 13.1. The third-order valence-electron chi connectivity index (χ3n) is 4.86. The van der Waals surface area contributed by atoms with Gasteiger partial charge in [-0.1, -0.05) is 42.5 Å². The van der Waals surface area contributed by atoms with Crippen molar-refractivity contribution < 1.29 is 9.59 Å². The van der Waals surface area contributed by atoms with Gasteiger partial charge in [-0.05, 0) is 23.3 Å². The maximum atomic E-state index is 13.0. The number of nitrogens with one attached hydrogen (secondary N) is 1. The van der Waals surface area contributed by atoms with Crippen molar-refractivity contribution in [3.05, 3.63) is 65.7 Å². The van der Waals surface area contributed by atoms with Gasteiger partial charge < -0.3 is 16.0 Å². The summed E-state index contributed by atoms with van der Waals surface area (Å²) in [4.78, 5) is 26.9. The van der Waals surface area contributed by atoms with Crippen LogP contribution in [0.5, 0.6) is 0 Å². The van der Waals surface area contributed by atoms with E-state index in [0.29, 0.717) is 26.2 Å². The number of hydrogen-bond acceptors (Lipinski definition) is 5. The molecule has 0 spiro atoms. The summed E-state index contributed by atoms with van der Waals surface area (Å²) in [6.45, 7) is 2.43. The van der Waals surface area contributed by atoms with Gasteiger partial charge in [-0.25, -0.2) is 5.01 Å².